The summed E-state index contributed by atoms with van der Waals surface area (Å²) in [6, 6.07) is 17.1. The Morgan fingerprint density at radius 3 is 2.47 bits per heavy atom. The Balaban J connectivity index is 1.84. The van der Waals surface area contributed by atoms with Crippen molar-refractivity contribution in [3.63, 3.8) is 0 Å². The molecule has 0 unspecified atom stereocenters. The first-order chi connectivity index (χ1) is 18.2. The molecular weight excluding hydrogens is 502 g/mol. The second kappa shape index (κ2) is 11.1. The van der Waals surface area contributed by atoms with Crippen molar-refractivity contribution in [2.45, 2.75) is 42.9 Å². The molecule has 0 atom stereocenters. The summed E-state index contributed by atoms with van der Waals surface area (Å²) in [5.74, 6) is 0.0162. The number of unbranched alkanes of at least 4 members (excludes halogenated alkanes) is 1. The summed E-state index contributed by atoms with van der Waals surface area (Å²) in [7, 11) is -1.10. The van der Waals surface area contributed by atoms with Crippen molar-refractivity contribution in [1.29, 1.82) is 0 Å². The molecule has 0 amide bonds. The van der Waals surface area contributed by atoms with Gasteiger partial charge in [0, 0.05) is 41.9 Å². The van der Waals surface area contributed by atoms with Crippen LogP contribution in [0.4, 0.5) is 11.4 Å². The molecule has 0 bridgehead atoms. The normalized spacial score (nSPS) is 11.4. The Labute approximate surface area is 222 Å². The van der Waals surface area contributed by atoms with Crippen molar-refractivity contribution in [3.05, 3.63) is 88.6 Å². The summed E-state index contributed by atoms with van der Waals surface area (Å²) >= 11 is 0. The van der Waals surface area contributed by atoms with E-state index < -0.39 is 26.0 Å². The highest BCUT2D eigenvalue weighted by molar-refractivity contribution is 7.91. The third-order valence-corrected chi connectivity index (χ3v) is 8.31. The lowest BCUT2D eigenvalue weighted by Crippen LogP contribution is -2.24. The van der Waals surface area contributed by atoms with Gasteiger partial charge in [0.05, 0.1) is 12.0 Å². The molecule has 9 heteroatoms. The average molecular weight is 534 g/mol. The van der Waals surface area contributed by atoms with Crippen LogP contribution in [0.1, 0.15) is 31.2 Å². The van der Waals surface area contributed by atoms with Crippen LogP contribution in [0.5, 0.6) is 11.5 Å². The lowest BCUT2D eigenvalue weighted by atomic mass is 10.1. The number of benzene rings is 2. The first kappa shape index (κ1) is 26.9. The van der Waals surface area contributed by atoms with Crippen LogP contribution in [0.15, 0.2) is 81.4 Å². The van der Waals surface area contributed by atoms with Gasteiger partial charge in [0.1, 0.15) is 11.4 Å². The van der Waals surface area contributed by atoms with E-state index >= 15 is 0 Å². The van der Waals surface area contributed by atoms with Crippen LogP contribution in [0.2, 0.25) is 0 Å². The van der Waals surface area contributed by atoms with Gasteiger partial charge >= 0.3 is 0 Å². The van der Waals surface area contributed by atoms with Gasteiger partial charge in [0.2, 0.25) is 9.84 Å². The standard InChI is InChI=1S/C29H31N3O5S/c1-5-6-12-25-26(32(3)21-9-7-10-22(18-21)37-4)27(33)28(29(34)31-25)38(35,36)23-15-13-20(14-16-23)24-11-8-17-30-19(24)2/h7-11,13-18H,5-6,12H2,1-4H3,(H2,31,33,34). The van der Waals surface area contributed by atoms with E-state index in [-0.39, 0.29) is 10.6 Å². The smallest absolute Gasteiger partial charge is 0.271 e. The van der Waals surface area contributed by atoms with Crippen molar-refractivity contribution in [1.82, 2.24) is 9.97 Å². The van der Waals surface area contributed by atoms with Gasteiger partial charge < -0.3 is 19.7 Å². The molecular formula is C29H31N3O5S. The lowest BCUT2D eigenvalue weighted by Gasteiger charge is -2.25. The fourth-order valence-electron chi connectivity index (χ4n) is 4.43. The molecule has 0 aliphatic carbocycles. The molecule has 2 N–H and O–H groups in total. The maximum atomic E-state index is 13.7. The van der Waals surface area contributed by atoms with Crippen LogP contribution in [-0.4, -0.2) is 37.6 Å². The van der Waals surface area contributed by atoms with Gasteiger partial charge in [-0.2, -0.15) is 0 Å². The topological polar surface area (TPSA) is 113 Å². The van der Waals surface area contributed by atoms with Crippen LogP contribution >= 0.6 is 0 Å². The zero-order valence-electron chi connectivity index (χ0n) is 21.9. The summed E-state index contributed by atoms with van der Waals surface area (Å²) in [6.07, 6.45) is 3.75. The largest absolute Gasteiger partial charge is 0.504 e. The highest BCUT2D eigenvalue weighted by Gasteiger charge is 2.31. The van der Waals surface area contributed by atoms with E-state index in [0.29, 0.717) is 23.6 Å². The molecule has 4 aromatic rings. The Hall–Kier alpha value is -4.11. The molecule has 0 spiro atoms. The predicted molar refractivity (Wildman–Crippen MR) is 148 cm³/mol. The fraction of sp³-hybridized carbons (Fsp3) is 0.241. The molecule has 0 fully saturated rings. The van der Waals surface area contributed by atoms with Crippen LogP contribution in [0, 0.1) is 6.92 Å². The third kappa shape index (κ3) is 5.15. The predicted octanol–water partition coefficient (Wildman–Crippen LogP) is 5.40. The number of sulfone groups is 1. The van der Waals surface area contributed by atoms with Gasteiger partial charge in [-0.15, -0.1) is 0 Å². The monoisotopic (exact) mass is 533 g/mol. The molecule has 0 saturated carbocycles. The van der Waals surface area contributed by atoms with E-state index in [1.54, 1.807) is 55.6 Å². The Morgan fingerprint density at radius 1 is 1.08 bits per heavy atom. The number of pyridine rings is 2. The molecule has 4 rings (SSSR count). The number of hydrogen-bond donors (Lipinski definition) is 2. The zero-order chi connectivity index (χ0) is 27.4. The quantitative estimate of drug-likeness (QED) is 0.296. The van der Waals surface area contributed by atoms with Gasteiger partial charge in [0.15, 0.2) is 10.6 Å². The lowest BCUT2D eigenvalue weighted by molar-refractivity contribution is 0.415. The third-order valence-electron chi connectivity index (χ3n) is 6.50. The zero-order valence-corrected chi connectivity index (χ0v) is 22.7. The number of aromatic nitrogens is 2. The number of aromatic hydroxyl groups is 1. The molecule has 2 heterocycles. The number of nitrogens with zero attached hydrogens (tertiary/aromatic N) is 2. The summed E-state index contributed by atoms with van der Waals surface area (Å²) in [6.45, 7) is 3.89. The van der Waals surface area contributed by atoms with Crippen LogP contribution in [0.25, 0.3) is 11.1 Å². The molecule has 0 radical (unpaired) electrons. The summed E-state index contributed by atoms with van der Waals surface area (Å²) in [5.41, 5.74) is 2.96. The van der Waals surface area contributed by atoms with Gasteiger partial charge in [-0.25, -0.2) is 8.42 Å². The van der Waals surface area contributed by atoms with Gasteiger partial charge in [-0.1, -0.05) is 37.6 Å². The van der Waals surface area contributed by atoms with Crippen molar-refractivity contribution >= 4 is 21.2 Å². The van der Waals surface area contributed by atoms with E-state index in [2.05, 4.69) is 9.97 Å². The molecule has 2 aromatic carbocycles. The van der Waals surface area contributed by atoms with Crippen LogP contribution in [0.3, 0.4) is 0 Å². The molecule has 38 heavy (non-hydrogen) atoms. The number of nitrogens with one attached hydrogen (secondary N) is 1. The number of anilines is 2. The minimum atomic E-state index is -4.36. The maximum Gasteiger partial charge on any atom is 0.271 e. The van der Waals surface area contributed by atoms with Crippen LogP contribution < -0.4 is 15.2 Å². The molecule has 0 aliphatic heterocycles. The highest BCUT2D eigenvalue weighted by atomic mass is 32.2. The second-order valence-corrected chi connectivity index (χ2v) is 10.9. The van der Waals surface area contributed by atoms with Gasteiger partial charge in [-0.3, -0.25) is 9.78 Å². The van der Waals surface area contributed by atoms with E-state index in [1.807, 2.05) is 32.0 Å². The summed E-state index contributed by atoms with van der Waals surface area (Å²) in [4.78, 5) is 21.0. The minimum absolute atomic E-state index is 0.0973. The average Bonchev–Trinajstić information content (AvgIpc) is 2.91. The second-order valence-electron chi connectivity index (χ2n) is 8.99. The SMILES string of the molecule is CCCCc1[nH]c(=O)c(S(=O)(=O)c2ccc(-c3cccnc3C)cc2)c(O)c1N(C)c1cccc(OC)c1. The summed E-state index contributed by atoms with van der Waals surface area (Å²) in [5, 5.41) is 11.4. The minimum Gasteiger partial charge on any atom is -0.504 e. The first-order valence-electron chi connectivity index (χ1n) is 12.3. The summed E-state index contributed by atoms with van der Waals surface area (Å²) < 4.78 is 32.7. The number of aromatic amines is 1. The van der Waals surface area contributed by atoms with Crippen molar-refractivity contribution in [2.24, 2.45) is 0 Å². The number of methoxy groups -OCH3 is 1. The van der Waals surface area contributed by atoms with Crippen molar-refractivity contribution in [2.75, 3.05) is 19.1 Å². The molecule has 2 aromatic heterocycles. The van der Waals surface area contributed by atoms with E-state index in [4.69, 9.17) is 4.74 Å². The highest BCUT2D eigenvalue weighted by Crippen LogP contribution is 2.40. The number of H-pyrrole nitrogens is 1. The molecule has 0 aliphatic rings. The van der Waals surface area contributed by atoms with Crippen molar-refractivity contribution in [3.8, 4) is 22.6 Å². The van der Waals surface area contributed by atoms with Gasteiger partial charge in [-0.05, 0) is 55.7 Å². The van der Waals surface area contributed by atoms with E-state index in [0.717, 1.165) is 29.7 Å². The number of rotatable bonds is 9. The maximum absolute atomic E-state index is 13.7. The Kier molecular flexibility index (Phi) is 7.87. The number of aryl methyl sites for hydroxylation is 2. The number of ether oxygens (including phenoxy) is 1. The van der Waals surface area contributed by atoms with E-state index in [9.17, 15) is 18.3 Å². The Morgan fingerprint density at radius 2 is 1.82 bits per heavy atom. The van der Waals surface area contributed by atoms with E-state index in [1.165, 1.54) is 12.1 Å². The number of hydrogen-bond acceptors (Lipinski definition) is 7. The molecule has 0 saturated heterocycles. The van der Waals surface area contributed by atoms with Gasteiger partial charge in [0.25, 0.3) is 5.56 Å². The van der Waals surface area contributed by atoms with Crippen LogP contribution in [-0.2, 0) is 16.3 Å². The van der Waals surface area contributed by atoms with Crippen molar-refractivity contribution < 1.29 is 18.3 Å². The first-order valence-corrected chi connectivity index (χ1v) is 13.8. The fourth-order valence-corrected chi connectivity index (χ4v) is 5.80. The molecule has 198 valence electrons. The molecule has 8 nitrogen and oxygen atoms in total. The Bertz CT molecular complexity index is 1610.